The molecule has 0 spiro atoms. The number of fused-ring (bicyclic) bond motifs is 1. The Morgan fingerprint density at radius 1 is 1.37 bits per heavy atom. The number of benzene rings is 1. The molecular weight excluding hydrogens is 410 g/mol. The SMILES string of the molecule is Cc1nc(C(C)C#Cc2ccc3c(C(=O)O)nn(-c4nc(N)ncc4Cl)c3c2)no1. The maximum atomic E-state index is 11.7. The minimum absolute atomic E-state index is 0.0184. The largest absolute Gasteiger partial charge is 0.476 e. The smallest absolute Gasteiger partial charge is 0.357 e. The van der Waals surface area contributed by atoms with Crippen molar-refractivity contribution in [1.29, 1.82) is 0 Å². The van der Waals surface area contributed by atoms with E-state index < -0.39 is 5.97 Å². The van der Waals surface area contributed by atoms with Gasteiger partial charge in [0.25, 0.3) is 0 Å². The fraction of sp³-hybridized carbons (Fsp3) is 0.158. The van der Waals surface area contributed by atoms with Crippen molar-refractivity contribution in [3.8, 4) is 17.7 Å². The van der Waals surface area contributed by atoms with Crippen molar-refractivity contribution >= 4 is 34.4 Å². The molecule has 0 bridgehead atoms. The fourth-order valence-corrected chi connectivity index (χ4v) is 2.95. The highest BCUT2D eigenvalue weighted by molar-refractivity contribution is 6.32. The molecule has 0 aliphatic rings. The number of aromatic carboxylic acids is 1. The number of nitrogen functional groups attached to an aromatic ring is 1. The van der Waals surface area contributed by atoms with Gasteiger partial charge >= 0.3 is 5.97 Å². The predicted molar refractivity (Wildman–Crippen MR) is 107 cm³/mol. The van der Waals surface area contributed by atoms with Crippen molar-refractivity contribution < 1.29 is 14.4 Å². The van der Waals surface area contributed by atoms with Crippen molar-refractivity contribution in [2.45, 2.75) is 19.8 Å². The third-order valence-electron chi connectivity index (χ3n) is 4.19. The average molecular weight is 424 g/mol. The van der Waals surface area contributed by atoms with Crippen LogP contribution in [-0.4, -0.2) is 41.0 Å². The van der Waals surface area contributed by atoms with E-state index in [0.29, 0.717) is 28.2 Å². The molecule has 3 N–H and O–H groups in total. The predicted octanol–water partition coefficient (Wildman–Crippen LogP) is 2.60. The van der Waals surface area contributed by atoms with Crippen molar-refractivity contribution in [1.82, 2.24) is 29.9 Å². The van der Waals surface area contributed by atoms with E-state index in [1.54, 1.807) is 25.1 Å². The van der Waals surface area contributed by atoms with Crippen LogP contribution in [0.25, 0.3) is 16.7 Å². The van der Waals surface area contributed by atoms with Crippen molar-refractivity contribution in [2.24, 2.45) is 0 Å². The number of aryl methyl sites for hydroxylation is 1. The number of hydrogen-bond acceptors (Lipinski definition) is 8. The van der Waals surface area contributed by atoms with Crippen LogP contribution in [0, 0.1) is 18.8 Å². The van der Waals surface area contributed by atoms with Crippen LogP contribution in [0.15, 0.2) is 28.9 Å². The Morgan fingerprint density at radius 3 is 2.87 bits per heavy atom. The Labute approximate surface area is 174 Å². The van der Waals surface area contributed by atoms with Crippen LogP contribution in [0.1, 0.15) is 40.6 Å². The standard InChI is InChI=1S/C19H14ClN7O3/c1-9(16-23-10(2)30-26-16)3-4-11-5-6-12-14(7-11)27(25-15(12)18(28)29)17-13(20)8-22-19(21)24-17/h5-9H,1-2H3,(H,28,29)(H2,21,22,24). The molecule has 0 radical (unpaired) electrons. The molecule has 150 valence electrons. The van der Waals surface area contributed by atoms with Gasteiger partial charge in [-0.15, -0.1) is 0 Å². The molecule has 3 heterocycles. The summed E-state index contributed by atoms with van der Waals surface area (Å²) in [5.41, 5.74) is 6.61. The minimum atomic E-state index is -1.18. The van der Waals surface area contributed by atoms with Crippen LogP contribution >= 0.6 is 11.6 Å². The summed E-state index contributed by atoms with van der Waals surface area (Å²) in [7, 11) is 0. The molecule has 1 aromatic carbocycles. The summed E-state index contributed by atoms with van der Waals surface area (Å²) in [5.74, 6) is 5.75. The fourth-order valence-electron chi connectivity index (χ4n) is 2.78. The summed E-state index contributed by atoms with van der Waals surface area (Å²) >= 11 is 6.19. The van der Waals surface area contributed by atoms with Crippen molar-refractivity contribution in [3.63, 3.8) is 0 Å². The van der Waals surface area contributed by atoms with Crippen LogP contribution in [0.3, 0.4) is 0 Å². The monoisotopic (exact) mass is 423 g/mol. The molecule has 4 rings (SSSR count). The Balaban J connectivity index is 1.83. The second-order valence-corrected chi connectivity index (χ2v) is 6.77. The molecule has 4 aromatic rings. The van der Waals surface area contributed by atoms with Gasteiger partial charge in [-0.3, -0.25) is 0 Å². The number of nitrogens with two attached hydrogens (primary N) is 1. The summed E-state index contributed by atoms with van der Waals surface area (Å²) in [6, 6.07) is 5.04. The summed E-state index contributed by atoms with van der Waals surface area (Å²) in [4.78, 5) is 23.7. The number of nitrogens with zero attached hydrogens (tertiary/aromatic N) is 6. The molecule has 0 aliphatic heterocycles. The Hall–Kier alpha value is -3.97. The Kier molecular flexibility index (Phi) is 4.81. The number of anilines is 1. The Morgan fingerprint density at radius 2 is 2.17 bits per heavy atom. The van der Waals surface area contributed by atoms with Crippen LogP contribution in [0.4, 0.5) is 5.95 Å². The average Bonchev–Trinajstić information content (AvgIpc) is 3.31. The van der Waals surface area contributed by atoms with Gasteiger partial charge in [0.05, 0.1) is 17.6 Å². The highest BCUT2D eigenvalue weighted by atomic mass is 35.5. The summed E-state index contributed by atoms with van der Waals surface area (Å²) in [6.07, 6.45) is 1.32. The molecule has 3 aromatic heterocycles. The molecule has 0 saturated heterocycles. The Bertz CT molecular complexity index is 1350. The first kappa shape index (κ1) is 19.4. The van der Waals surface area contributed by atoms with Crippen LogP contribution in [-0.2, 0) is 0 Å². The zero-order valence-corrected chi connectivity index (χ0v) is 16.5. The van der Waals surface area contributed by atoms with E-state index in [1.165, 1.54) is 10.9 Å². The van der Waals surface area contributed by atoms with Crippen LogP contribution in [0.5, 0.6) is 0 Å². The van der Waals surface area contributed by atoms with Gasteiger partial charge < -0.3 is 15.4 Å². The lowest BCUT2D eigenvalue weighted by Crippen LogP contribution is -2.06. The van der Waals surface area contributed by atoms with Gasteiger partial charge in [-0.2, -0.15) is 15.1 Å². The lowest BCUT2D eigenvalue weighted by Gasteiger charge is -2.05. The second-order valence-electron chi connectivity index (χ2n) is 6.36. The third kappa shape index (κ3) is 3.54. The quantitative estimate of drug-likeness (QED) is 0.474. The van der Waals surface area contributed by atoms with E-state index in [0.717, 1.165) is 0 Å². The lowest BCUT2D eigenvalue weighted by molar-refractivity contribution is 0.0692. The van der Waals surface area contributed by atoms with Gasteiger partial charge in [-0.25, -0.2) is 14.5 Å². The molecule has 0 amide bonds. The maximum Gasteiger partial charge on any atom is 0.357 e. The number of carbonyl (C=O) groups is 1. The number of hydrogen-bond donors (Lipinski definition) is 2. The molecule has 0 aliphatic carbocycles. The first-order valence-electron chi connectivity index (χ1n) is 8.69. The maximum absolute atomic E-state index is 11.7. The summed E-state index contributed by atoms with van der Waals surface area (Å²) in [6.45, 7) is 3.56. The molecule has 30 heavy (non-hydrogen) atoms. The number of halogens is 1. The van der Waals surface area contributed by atoms with Gasteiger partial charge in [-0.05, 0) is 25.1 Å². The molecule has 0 saturated carbocycles. The van der Waals surface area contributed by atoms with E-state index >= 15 is 0 Å². The van der Waals surface area contributed by atoms with E-state index in [4.69, 9.17) is 21.9 Å². The molecule has 1 unspecified atom stereocenters. The zero-order chi connectivity index (χ0) is 21.4. The number of aromatic nitrogens is 6. The molecule has 1 atom stereocenters. The zero-order valence-electron chi connectivity index (χ0n) is 15.8. The van der Waals surface area contributed by atoms with Crippen LogP contribution < -0.4 is 5.73 Å². The van der Waals surface area contributed by atoms with E-state index in [-0.39, 0.29) is 28.4 Å². The minimum Gasteiger partial charge on any atom is -0.476 e. The third-order valence-corrected chi connectivity index (χ3v) is 4.46. The van der Waals surface area contributed by atoms with Gasteiger partial charge in [0.1, 0.15) is 5.02 Å². The number of rotatable bonds is 3. The molecule has 0 fully saturated rings. The normalized spacial score (nSPS) is 11.8. The van der Waals surface area contributed by atoms with Gasteiger partial charge in [0.2, 0.25) is 11.8 Å². The summed E-state index contributed by atoms with van der Waals surface area (Å²) < 4.78 is 6.29. The van der Waals surface area contributed by atoms with E-state index in [1.807, 2.05) is 6.92 Å². The second kappa shape index (κ2) is 7.46. The first-order valence-corrected chi connectivity index (χ1v) is 9.07. The van der Waals surface area contributed by atoms with Crippen molar-refractivity contribution in [3.05, 3.63) is 52.4 Å². The highest BCUT2D eigenvalue weighted by Gasteiger charge is 2.20. The molecule has 11 heteroatoms. The number of carboxylic acid groups (broad SMARTS) is 1. The van der Waals surface area contributed by atoms with Gasteiger partial charge in [0, 0.05) is 17.9 Å². The van der Waals surface area contributed by atoms with Crippen LogP contribution in [0.2, 0.25) is 5.02 Å². The van der Waals surface area contributed by atoms with Crippen molar-refractivity contribution in [2.75, 3.05) is 5.73 Å². The number of carboxylic acids is 1. The molecule has 10 nitrogen and oxygen atoms in total. The van der Waals surface area contributed by atoms with E-state index in [2.05, 4.69) is 37.0 Å². The van der Waals surface area contributed by atoms with E-state index in [9.17, 15) is 9.90 Å². The first-order chi connectivity index (χ1) is 14.3. The summed E-state index contributed by atoms with van der Waals surface area (Å²) in [5, 5.41) is 18.1. The lowest BCUT2D eigenvalue weighted by atomic mass is 10.1. The highest BCUT2D eigenvalue weighted by Crippen LogP contribution is 2.26. The van der Waals surface area contributed by atoms with Gasteiger partial charge in [0.15, 0.2) is 17.3 Å². The topological polar surface area (TPSA) is 146 Å². The molecular formula is C19H14ClN7O3. The van der Waals surface area contributed by atoms with Gasteiger partial charge in [-0.1, -0.05) is 28.6 Å².